The molecule has 0 aliphatic carbocycles. The molecule has 17 heavy (non-hydrogen) atoms. The second kappa shape index (κ2) is 5.38. The van der Waals surface area contributed by atoms with E-state index in [1.165, 1.54) is 18.4 Å². The van der Waals surface area contributed by atoms with Crippen molar-refractivity contribution in [3.05, 3.63) is 16.4 Å². The lowest BCUT2D eigenvalue weighted by Crippen LogP contribution is -2.43. The van der Waals surface area contributed by atoms with Gasteiger partial charge in [-0.15, -0.1) is 0 Å². The molecular weight excluding hydrogens is 236 g/mol. The van der Waals surface area contributed by atoms with E-state index < -0.39 is 0 Å². The molecule has 1 unspecified atom stereocenters. The third-order valence-corrected chi connectivity index (χ3v) is 4.04. The monoisotopic (exact) mass is 256 g/mol. The molecule has 1 fully saturated rings. The molecule has 2 heterocycles. The number of aryl methyl sites for hydroxylation is 2. The second-order valence-corrected chi connectivity index (χ2v) is 5.20. The van der Waals surface area contributed by atoms with Crippen LogP contribution in [-0.2, 0) is 13.6 Å². The van der Waals surface area contributed by atoms with Crippen LogP contribution in [0, 0.1) is 6.92 Å². The van der Waals surface area contributed by atoms with Crippen molar-refractivity contribution in [2.24, 2.45) is 7.05 Å². The summed E-state index contributed by atoms with van der Waals surface area (Å²) >= 11 is 6.26. The van der Waals surface area contributed by atoms with Crippen molar-refractivity contribution < 1.29 is 0 Å². The number of hydrogen-bond donors (Lipinski definition) is 1. The predicted octanol–water partition coefficient (Wildman–Crippen LogP) is 1.57. The molecule has 96 valence electrons. The maximum atomic E-state index is 6.26. The van der Waals surface area contributed by atoms with E-state index in [-0.39, 0.29) is 0 Å². The van der Waals surface area contributed by atoms with Gasteiger partial charge >= 0.3 is 0 Å². The van der Waals surface area contributed by atoms with Crippen molar-refractivity contribution in [1.82, 2.24) is 20.0 Å². The Hall–Kier alpha value is -0.580. The summed E-state index contributed by atoms with van der Waals surface area (Å²) in [6.07, 6.45) is 2.52. The number of piperidine rings is 1. The molecule has 0 bridgehead atoms. The molecule has 0 saturated carbocycles. The number of likely N-dealkylation sites (tertiary alicyclic amines) is 1. The van der Waals surface area contributed by atoms with Crippen molar-refractivity contribution in [2.45, 2.75) is 32.4 Å². The Morgan fingerprint density at radius 3 is 2.88 bits per heavy atom. The molecule has 1 saturated heterocycles. The van der Waals surface area contributed by atoms with E-state index in [1.54, 1.807) is 4.68 Å². The molecule has 1 aliphatic rings. The van der Waals surface area contributed by atoms with Gasteiger partial charge in [0, 0.05) is 31.7 Å². The first-order valence-electron chi connectivity index (χ1n) is 6.19. The van der Waals surface area contributed by atoms with Crippen LogP contribution in [0.3, 0.4) is 0 Å². The molecule has 1 aromatic heterocycles. The largest absolute Gasteiger partial charge is 0.316 e. The van der Waals surface area contributed by atoms with Gasteiger partial charge in [-0.3, -0.25) is 9.58 Å². The van der Waals surface area contributed by atoms with Crippen molar-refractivity contribution in [1.29, 1.82) is 0 Å². The zero-order valence-corrected chi connectivity index (χ0v) is 11.6. The number of hydrogen-bond acceptors (Lipinski definition) is 3. The number of rotatable bonds is 3. The van der Waals surface area contributed by atoms with E-state index in [4.69, 9.17) is 11.6 Å². The van der Waals surface area contributed by atoms with Gasteiger partial charge in [0.15, 0.2) is 0 Å². The lowest BCUT2D eigenvalue weighted by atomic mass is 10.1. The van der Waals surface area contributed by atoms with Crippen LogP contribution in [0.25, 0.3) is 0 Å². The van der Waals surface area contributed by atoms with Gasteiger partial charge in [-0.1, -0.05) is 11.6 Å². The molecule has 4 nitrogen and oxygen atoms in total. The Morgan fingerprint density at radius 1 is 1.53 bits per heavy atom. The van der Waals surface area contributed by atoms with Crippen molar-refractivity contribution >= 4 is 11.6 Å². The van der Waals surface area contributed by atoms with Crippen molar-refractivity contribution in [3.63, 3.8) is 0 Å². The third-order valence-electron chi connectivity index (χ3n) is 3.57. The lowest BCUT2D eigenvalue weighted by Gasteiger charge is -2.32. The highest BCUT2D eigenvalue weighted by atomic mass is 35.5. The molecule has 1 aliphatic heterocycles. The van der Waals surface area contributed by atoms with Crippen LogP contribution >= 0.6 is 11.6 Å². The SMILES string of the molecule is CNC1CCCN(Cc2c(C)nn(C)c2Cl)C1. The summed E-state index contributed by atoms with van der Waals surface area (Å²) in [5.74, 6) is 0. The number of nitrogens with one attached hydrogen (secondary N) is 1. The highest BCUT2D eigenvalue weighted by Gasteiger charge is 2.21. The zero-order chi connectivity index (χ0) is 12.4. The fourth-order valence-corrected chi connectivity index (χ4v) is 2.75. The summed E-state index contributed by atoms with van der Waals surface area (Å²) in [6, 6.07) is 0.611. The Morgan fingerprint density at radius 2 is 2.29 bits per heavy atom. The molecule has 0 aromatic carbocycles. The van der Waals surface area contributed by atoms with Gasteiger partial charge in [0.1, 0.15) is 5.15 Å². The van der Waals surface area contributed by atoms with Gasteiger partial charge in [-0.25, -0.2) is 0 Å². The summed E-state index contributed by atoms with van der Waals surface area (Å²) in [7, 11) is 3.93. The third kappa shape index (κ3) is 2.81. The van der Waals surface area contributed by atoms with E-state index in [0.717, 1.165) is 30.5 Å². The first-order chi connectivity index (χ1) is 8.11. The normalized spacial score (nSPS) is 22.0. The van der Waals surface area contributed by atoms with E-state index in [9.17, 15) is 0 Å². The molecule has 5 heteroatoms. The molecular formula is C12H21ClN4. The van der Waals surface area contributed by atoms with Crippen LogP contribution < -0.4 is 5.32 Å². The van der Waals surface area contributed by atoms with Crippen LogP contribution in [0.4, 0.5) is 0 Å². The van der Waals surface area contributed by atoms with Gasteiger partial charge in [0.05, 0.1) is 5.69 Å². The highest BCUT2D eigenvalue weighted by molar-refractivity contribution is 6.30. The van der Waals surface area contributed by atoms with Crippen LogP contribution in [-0.4, -0.2) is 40.9 Å². The molecule has 0 radical (unpaired) electrons. The van der Waals surface area contributed by atoms with E-state index >= 15 is 0 Å². The standard InChI is InChI=1S/C12H21ClN4/c1-9-11(12(13)16(3)15-9)8-17-6-4-5-10(7-17)14-2/h10,14H,4-8H2,1-3H3. The number of halogens is 1. The Balaban J connectivity index is 2.05. The minimum atomic E-state index is 0.611. The van der Waals surface area contributed by atoms with Gasteiger partial charge in [0.25, 0.3) is 0 Å². The Labute approximate surface area is 108 Å². The van der Waals surface area contributed by atoms with Gasteiger partial charge in [0.2, 0.25) is 0 Å². The maximum absolute atomic E-state index is 6.26. The van der Waals surface area contributed by atoms with Crippen molar-refractivity contribution in [2.75, 3.05) is 20.1 Å². The highest BCUT2D eigenvalue weighted by Crippen LogP contribution is 2.22. The van der Waals surface area contributed by atoms with Gasteiger partial charge in [-0.2, -0.15) is 5.10 Å². The smallest absolute Gasteiger partial charge is 0.131 e. The number of nitrogens with zero attached hydrogens (tertiary/aromatic N) is 3. The zero-order valence-electron chi connectivity index (χ0n) is 10.8. The average Bonchev–Trinajstić information content (AvgIpc) is 2.56. The van der Waals surface area contributed by atoms with Crippen LogP contribution in [0.15, 0.2) is 0 Å². The molecule has 2 rings (SSSR count). The van der Waals surface area contributed by atoms with Crippen molar-refractivity contribution in [3.8, 4) is 0 Å². The predicted molar refractivity (Wildman–Crippen MR) is 70.3 cm³/mol. The summed E-state index contributed by atoms with van der Waals surface area (Å²) in [5.41, 5.74) is 2.22. The van der Waals surface area contributed by atoms with Crippen LogP contribution in [0.1, 0.15) is 24.1 Å². The van der Waals surface area contributed by atoms with E-state index in [2.05, 4.69) is 15.3 Å². The Bertz CT molecular complexity index is 388. The molecule has 1 N–H and O–H groups in total. The van der Waals surface area contributed by atoms with E-state index in [0.29, 0.717) is 6.04 Å². The molecule has 0 spiro atoms. The fourth-order valence-electron chi connectivity index (χ4n) is 2.51. The summed E-state index contributed by atoms with van der Waals surface area (Å²) in [5, 5.41) is 8.49. The van der Waals surface area contributed by atoms with Crippen LogP contribution in [0.5, 0.6) is 0 Å². The summed E-state index contributed by atoms with van der Waals surface area (Å²) in [4.78, 5) is 2.46. The second-order valence-electron chi connectivity index (χ2n) is 4.84. The lowest BCUT2D eigenvalue weighted by molar-refractivity contribution is 0.187. The van der Waals surface area contributed by atoms with Gasteiger partial charge in [-0.05, 0) is 33.4 Å². The molecule has 1 aromatic rings. The summed E-state index contributed by atoms with van der Waals surface area (Å²) in [6.45, 7) is 5.20. The van der Waals surface area contributed by atoms with Gasteiger partial charge < -0.3 is 5.32 Å². The minimum Gasteiger partial charge on any atom is -0.316 e. The molecule has 0 amide bonds. The average molecular weight is 257 g/mol. The van der Waals surface area contributed by atoms with E-state index in [1.807, 2.05) is 21.0 Å². The minimum absolute atomic E-state index is 0.611. The van der Waals surface area contributed by atoms with Crippen LogP contribution in [0.2, 0.25) is 5.15 Å². The first kappa shape index (κ1) is 12.9. The quantitative estimate of drug-likeness (QED) is 0.891. The maximum Gasteiger partial charge on any atom is 0.131 e. The topological polar surface area (TPSA) is 33.1 Å². The summed E-state index contributed by atoms with van der Waals surface area (Å²) < 4.78 is 1.76. The first-order valence-corrected chi connectivity index (χ1v) is 6.57. The Kier molecular flexibility index (Phi) is 4.07. The number of likely N-dealkylation sites (N-methyl/N-ethyl adjacent to an activating group) is 1. The molecule has 1 atom stereocenters. The fraction of sp³-hybridized carbons (Fsp3) is 0.750. The number of aromatic nitrogens is 2.